The van der Waals surface area contributed by atoms with Crippen molar-refractivity contribution in [2.24, 2.45) is 5.73 Å². The second-order valence-electron chi connectivity index (χ2n) is 3.27. The summed E-state index contributed by atoms with van der Waals surface area (Å²) >= 11 is 0. The highest BCUT2D eigenvalue weighted by atomic mass is 16.4. The van der Waals surface area contributed by atoms with Crippen molar-refractivity contribution < 1.29 is 9.52 Å². The molecule has 1 aliphatic heterocycles. The Morgan fingerprint density at radius 3 is 2.77 bits per heavy atom. The summed E-state index contributed by atoms with van der Waals surface area (Å²) in [7, 11) is 0. The molecule has 6 nitrogen and oxygen atoms in total. The molecule has 0 saturated carbocycles. The average Bonchev–Trinajstić information content (AvgIpc) is 2.46. The molecule has 3 N–H and O–H groups in total. The Morgan fingerprint density at radius 1 is 1.62 bits per heavy atom. The molecular formula is C7H12N4O2. The third kappa shape index (κ3) is 1.50. The highest BCUT2D eigenvalue weighted by Crippen LogP contribution is 2.20. The largest absolute Gasteiger partial charge is 0.406 e. The first kappa shape index (κ1) is 8.46. The number of aliphatic hydroxyl groups is 1. The van der Waals surface area contributed by atoms with Gasteiger partial charge in [-0.1, -0.05) is 5.10 Å². The van der Waals surface area contributed by atoms with Gasteiger partial charge >= 0.3 is 6.01 Å². The molecule has 1 aromatic heterocycles. The molecule has 1 aliphatic rings. The van der Waals surface area contributed by atoms with Gasteiger partial charge in [0, 0.05) is 0 Å². The molecule has 1 atom stereocenters. The second-order valence-corrected chi connectivity index (χ2v) is 3.27. The summed E-state index contributed by atoms with van der Waals surface area (Å²) in [5.41, 5.74) is 5.55. The molecule has 0 bridgehead atoms. The van der Waals surface area contributed by atoms with Gasteiger partial charge in [-0.25, -0.2) is 0 Å². The fraction of sp³-hybridized carbons (Fsp3) is 0.714. The smallest absolute Gasteiger partial charge is 0.318 e. The van der Waals surface area contributed by atoms with Crippen molar-refractivity contribution in [2.75, 3.05) is 18.0 Å². The molecule has 1 aromatic rings. The molecule has 0 radical (unpaired) electrons. The van der Waals surface area contributed by atoms with E-state index in [1.165, 1.54) is 0 Å². The van der Waals surface area contributed by atoms with E-state index in [2.05, 4.69) is 10.2 Å². The van der Waals surface area contributed by atoms with Crippen LogP contribution in [0.15, 0.2) is 4.42 Å². The van der Waals surface area contributed by atoms with E-state index in [9.17, 15) is 0 Å². The molecule has 0 spiro atoms. The van der Waals surface area contributed by atoms with E-state index in [1.54, 1.807) is 6.92 Å². The molecule has 0 aromatic carbocycles. The summed E-state index contributed by atoms with van der Waals surface area (Å²) in [6, 6.07) is 0.199. The van der Waals surface area contributed by atoms with Crippen molar-refractivity contribution in [1.82, 2.24) is 10.2 Å². The molecular weight excluding hydrogens is 172 g/mol. The van der Waals surface area contributed by atoms with Gasteiger partial charge in [0.15, 0.2) is 0 Å². The zero-order valence-corrected chi connectivity index (χ0v) is 7.34. The first-order valence-corrected chi connectivity index (χ1v) is 4.19. The molecule has 2 heterocycles. The van der Waals surface area contributed by atoms with Crippen molar-refractivity contribution in [3.05, 3.63) is 5.89 Å². The standard InChI is InChI=1S/C7H12N4O2/c1-4(8)6-9-10-7(13-6)11-2-5(12)3-11/h4-5,12H,2-3,8H2,1H3. The molecule has 1 unspecified atom stereocenters. The molecule has 13 heavy (non-hydrogen) atoms. The van der Waals surface area contributed by atoms with Crippen LogP contribution in [0.3, 0.4) is 0 Å². The molecule has 6 heteroatoms. The van der Waals surface area contributed by atoms with Gasteiger partial charge in [0.05, 0.1) is 25.2 Å². The summed E-state index contributed by atoms with van der Waals surface area (Å²) in [5, 5.41) is 16.6. The van der Waals surface area contributed by atoms with Gasteiger partial charge in [0.2, 0.25) is 5.89 Å². The van der Waals surface area contributed by atoms with Crippen LogP contribution in [0.5, 0.6) is 0 Å². The van der Waals surface area contributed by atoms with E-state index in [-0.39, 0.29) is 12.1 Å². The quantitative estimate of drug-likeness (QED) is 0.630. The zero-order valence-electron chi connectivity index (χ0n) is 7.34. The van der Waals surface area contributed by atoms with Gasteiger partial charge in [-0.3, -0.25) is 0 Å². The van der Waals surface area contributed by atoms with E-state index < -0.39 is 0 Å². The zero-order chi connectivity index (χ0) is 9.42. The van der Waals surface area contributed by atoms with Crippen molar-refractivity contribution >= 4 is 6.01 Å². The fourth-order valence-corrected chi connectivity index (χ4v) is 1.15. The number of hydrogen-bond donors (Lipinski definition) is 2. The van der Waals surface area contributed by atoms with Crippen molar-refractivity contribution in [3.63, 3.8) is 0 Å². The summed E-state index contributed by atoms with van der Waals surface area (Å²) in [6.45, 7) is 2.89. The summed E-state index contributed by atoms with van der Waals surface area (Å²) in [4.78, 5) is 1.81. The number of anilines is 1. The Hall–Kier alpha value is -1.14. The van der Waals surface area contributed by atoms with Crippen LogP contribution in [0.4, 0.5) is 6.01 Å². The number of β-amino-alcohol motifs (C(OH)–C–C–N with tert-alkyl or cyclic N) is 1. The normalized spacial score (nSPS) is 20.1. The Morgan fingerprint density at radius 2 is 2.31 bits per heavy atom. The van der Waals surface area contributed by atoms with E-state index in [1.807, 2.05) is 4.90 Å². The lowest BCUT2D eigenvalue weighted by Crippen LogP contribution is -2.51. The molecule has 0 aliphatic carbocycles. The summed E-state index contributed by atoms with van der Waals surface area (Å²) < 4.78 is 5.26. The minimum absolute atomic E-state index is 0.243. The number of aliphatic hydroxyl groups excluding tert-OH is 1. The van der Waals surface area contributed by atoms with Gasteiger partial charge in [0.1, 0.15) is 0 Å². The van der Waals surface area contributed by atoms with Crippen molar-refractivity contribution in [2.45, 2.75) is 19.1 Å². The lowest BCUT2D eigenvalue weighted by Gasteiger charge is -2.33. The summed E-state index contributed by atoms with van der Waals surface area (Å²) in [6.07, 6.45) is -0.273. The van der Waals surface area contributed by atoms with Crippen LogP contribution >= 0.6 is 0 Å². The van der Waals surface area contributed by atoms with Crippen LogP contribution < -0.4 is 10.6 Å². The number of rotatable bonds is 2. The number of nitrogens with zero attached hydrogens (tertiary/aromatic N) is 3. The van der Waals surface area contributed by atoms with Crippen molar-refractivity contribution in [3.8, 4) is 0 Å². The van der Waals surface area contributed by atoms with Crippen LogP contribution in [0.25, 0.3) is 0 Å². The predicted octanol–water partition coefficient (Wildman–Crippen LogP) is -0.730. The van der Waals surface area contributed by atoms with Crippen LogP contribution in [0.2, 0.25) is 0 Å². The van der Waals surface area contributed by atoms with E-state index in [4.69, 9.17) is 15.3 Å². The highest BCUT2D eigenvalue weighted by molar-refractivity contribution is 5.30. The Bertz CT molecular complexity index is 292. The molecule has 0 amide bonds. The molecule has 2 rings (SSSR count). The van der Waals surface area contributed by atoms with Gasteiger partial charge in [-0.2, -0.15) is 0 Å². The first-order chi connectivity index (χ1) is 6.16. The lowest BCUT2D eigenvalue weighted by molar-refractivity contribution is 0.136. The second kappa shape index (κ2) is 2.97. The average molecular weight is 184 g/mol. The van der Waals surface area contributed by atoms with E-state index >= 15 is 0 Å². The van der Waals surface area contributed by atoms with Gasteiger partial charge in [-0.15, -0.1) is 5.10 Å². The molecule has 1 fully saturated rings. The number of hydrogen-bond acceptors (Lipinski definition) is 6. The monoisotopic (exact) mass is 184 g/mol. The van der Waals surface area contributed by atoms with Crippen LogP contribution in [-0.4, -0.2) is 34.5 Å². The maximum Gasteiger partial charge on any atom is 0.318 e. The predicted molar refractivity (Wildman–Crippen MR) is 45.1 cm³/mol. The fourth-order valence-electron chi connectivity index (χ4n) is 1.15. The van der Waals surface area contributed by atoms with Crippen LogP contribution in [0.1, 0.15) is 18.9 Å². The number of nitrogens with two attached hydrogens (primary N) is 1. The Balaban J connectivity index is 2.06. The Kier molecular flexibility index (Phi) is 1.93. The van der Waals surface area contributed by atoms with Crippen molar-refractivity contribution in [1.29, 1.82) is 0 Å². The van der Waals surface area contributed by atoms with E-state index in [0.29, 0.717) is 25.0 Å². The van der Waals surface area contributed by atoms with Gasteiger partial charge in [0.25, 0.3) is 0 Å². The number of aromatic nitrogens is 2. The molecule has 72 valence electrons. The van der Waals surface area contributed by atoms with Crippen LogP contribution in [-0.2, 0) is 0 Å². The summed E-state index contributed by atoms with van der Waals surface area (Å²) in [5.74, 6) is 0.427. The lowest BCUT2D eigenvalue weighted by atomic mass is 10.2. The third-order valence-corrected chi connectivity index (χ3v) is 1.95. The molecule has 1 saturated heterocycles. The topological polar surface area (TPSA) is 88.4 Å². The minimum Gasteiger partial charge on any atom is -0.406 e. The minimum atomic E-state index is -0.273. The highest BCUT2D eigenvalue weighted by Gasteiger charge is 2.28. The van der Waals surface area contributed by atoms with Gasteiger partial charge in [-0.05, 0) is 6.92 Å². The SMILES string of the molecule is CC(N)c1nnc(N2CC(O)C2)o1. The third-order valence-electron chi connectivity index (χ3n) is 1.95. The Labute approximate surface area is 75.3 Å². The maximum atomic E-state index is 9.04. The maximum absolute atomic E-state index is 9.04. The van der Waals surface area contributed by atoms with E-state index in [0.717, 1.165) is 0 Å². The van der Waals surface area contributed by atoms with Crippen LogP contribution in [0, 0.1) is 0 Å². The first-order valence-electron chi connectivity index (χ1n) is 4.19. The van der Waals surface area contributed by atoms with Gasteiger partial charge < -0.3 is 20.2 Å².